The van der Waals surface area contributed by atoms with Crippen LogP contribution in [0.5, 0.6) is 5.88 Å². The highest BCUT2D eigenvalue weighted by Crippen LogP contribution is 2.23. The summed E-state index contributed by atoms with van der Waals surface area (Å²) >= 11 is 5.44. The average molecular weight is 485 g/mol. The number of ether oxygens (including phenoxy) is 5. The van der Waals surface area contributed by atoms with E-state index in [0.29, 0.717) is 42.2 Å². The van der Waals surface area contributed by atoms with Crippen LogP contribution in [0.1, 0.15) is 27.7 Å². The first-order valence-electron chi connectivity index (χ1n) is 10.4. The molecule has 2 saturated heterocycles. The molecule has 184 valence electrons. The minimum Gasteiger partial charge on any atom is -0.475 e. The summed E-state index contributed by atoms with van der Waals surface area (Å²) in [6, 6.07) is 6.83. The van der Waals surface area contributed by atoms with Crippen molar-refractivity contribution >= 4 is 23.0 Å². The van der Waals surface area contributed by atoms with Crippen molar-refractivity contribution in [1.82, 2.24) is 9.97 Å². The van der Waals surface area contributed by atoms with Gasteiger partial charge in [0.25, 0.3) is 0 Å². The van der Waals surface area contributed by atoms with E-state index in [0.717, 1.165) is 0 Å². The van der Waals surface area contributed by atoms with Crippen LogP contribution in [0.15, 0.2) is 36.7 Å². The summed E-state index contributed by atoms with van der Waals surface area (Å²) in [5.41, 5.74) is 12.1. The van der Waals surface area contributed by atoms with Crippen molar-refractivity contribution in [3.8, 4) is 5.88 Å². The molecule has 2 aromatic heterocycles. The van der Waals surface area contributed by atoms with Gasteiger partial charge in [-0.3, -0.25) is 0 Å². The summed E-state index contributed by atoms with van der Waals surface area (Å²) in [4.78, 5) is 7.75. The number of aliphatic hydroxyl groups excluding tert-OH is 1. The Morgan fingerprint density at radius 1 is 0.939 bits per heavy atom. The fourth-order valence-electron chi connectivity index (χ4n) is 2.74. The normalized spacial score (nSPS) is 22.5. The third kappa shape index (κ3) is 10.5. The summed E-state index contributed by atoms with van der Waals surface area (Å²) in [5, 5.41) is 9.06. The van der Waals surface area contributed by atoms with Crippen molar-refractivity contribution in [3.63, 3.8) is 0 Å². The van der Waals surface area contributed by atoms with Gasteiger partial charge in [-0.05, 0) is 45.9 Å². The number of hydrogen-bond donors (Lipinski definition) is 3. The molecule has 0 radical (unpaired) electrons. The molecule has 10 nitrogen and oxygen atoms in total. The van der Waals surface area contributed by atoms with Gasteiger partial charge in [0.15, 0.2) is 11.6 Å². The summed E-state index contributed by atoms with van der Waals surface area (Å²) in [6.45, 7) is 8.96. The van der Waals surface area contributed by atoms with Crippen LogP contribution in [0.25, 0.3) is 0 Å². The van der Waals surface area contributed by atoms with E-state index in [1.807, 2.05) is 27.7 Å². The third-order valence-electron chi connectivity index (χ3n) is 4.26. The van der Waals surface area contributed by atoms with Crippen LogP contribution >= 0.6 is 11.6 Å². The second-order valence-corrected chi connectivity index (χ2v) is 8.63. The Kier molecular flexibility index (Phi) is 10.1. The van der Waals surface area contributed by atoms with Crippen LogP contribution < -0.4 is 16.2 Å². The van der Waals surface area contributed by atoms with Crippen molar-refractivity contribution in [2.24, 2.45) is 0 Å². The van der Waals surface area contributed by atoms with Crippen LogP contribution in [-0.4, -0.2) is 65.3 Å². The molecule has 2 atom stereocenters. The lowest BCUT2D eigenvalue weighted by Crippen LogP contribution is -2.25. The van der Waals surface area contributed by atoms with Crippen LogP contribution in [0.2, 0.25) is 5.15 Å². The van der Waals surface area contributed by atoms with Crippen LogP contribution in [0.4, 0.5) is 11.4 Å². The number of nitrogens with zero attached hydrogens (tertiary/aromatic N) is 2. The fraction of sp³-hybridized carbons (Fsp3) is 0.545. The predicted octanol–water partition coefficient (Wildman–Crippen LogP) is 2.64. The highest BCUT2D eigenvalue weighted by Gasteiger charge is 2.33. The molecule has 0 aliphatic carbocycles. The molecule has 0 amide bonds. The molecule has 0 aromatic carbocycles. The average Bonchev–Trinajstić information content (AvgIpc) is 3.31. The summed E-state index contributed by atoms with van der Waals surface area (Å²) in [7, 11) is 0. The van der Waals surface area contributed by atoms with Crippen molar-refractivity contribution in [1.29, 1.82) is 0 Å². The van der Waals surface area contributed by atoms with Gasteiger partial charge < -0.3 is 40.3 Å². The first-order chi connectivity index (χ1) is 15.5. The summed E-state index contributed by atoms with van der Waals surface area (Å²) in [6.07, 6.45) is 2.91. The molecule has 4 rings (SSSR count). The van der Waals surface area contributed by atoms with E-state index in [2.05, 4.69) is 9.97 Å². The molecule has 0 spiro atoms. The Balaban J connectivity index is 0.000000192. The minimum absolute atomic E-state index is 0.0451. The Bertz CT molecular complexity index is 815. The molecule has 0 unspecified atom stereocenters. The van der Waals surface area contributed by atoms with Crippen LogP contribution in [0.3, 0.4) is 0 Å². The SMILES string of the molecule is CC1(C)OC[C@@H](CO)O1.CC1(C)OC[C@@H](COc2ccc(N)cn2)O1.Nc1ccc(Cl)nc1. The minimum atomic E-state index is -0.511. The van der Waals surface area contributed by atoms with E-state index in [1.165, 1.54) is 6.20 Å². The number of aromatic nitrogens is 2. The molecule has 0 bridgehead atoms. The molecule has 0 saturated carbocycles. The maximum atomic E-state index is 8.59. The van der Waals surface area contributed by atoms with E-state index in [1.54, 1.807) is 30.5 Å². The van der Waals surface area contributed by atoms with Gasteiger partial charge in [0.1, 0.15) is 24.0 Å². The number of pyridine rings is 2. The first kappa shape index (κ1) is 27.0. The quantitative estimate of drug-likeness (QED) is 0.553. The fourth-order valence-corrected chi connectivity index (χ4v) is 2.85. The maximum Gasteiger partial charge on any atom is 0.213 e. The number of rotatable bonds is 4. The Labute approximate surface area is 199 Å². The monoisotopic (exact) mass is 484 g/mol. The number of hydrogen-bond acceptors (Lipinski definition) is 10. The van der Waals surface area contributed by atoms with Gasteiger partial charge in [-0.15, -0.1) is 0 Å². The number of nitrogens with two attached hydrogens (primary N) is 2. The number of anilines is 2. The molecular formula is C22H33ClN4O6. The van der Waals surface area contributed by atoms with Gasteiger partial charge in [-0.1, -0.05) is 11.6 Å². The second-order valence-electron chi connectivity index (χ2n) is 8.24. The van der Waals surface area contributed by atoms with Crippen molar-refractivity contribution in [2.75, 3.05) is 37.9 Å². The van der Waals surface area contributed by atoms with E-state index in [4.69, 9.17) is 51.9 Å². The molecule has 2 fully saturated rings. The summed E-state index contributed by atoms with van der Waals surface area (Å²) < 4.78 is 26.9. The molecule has 33 heavy (non-hydrogen) atoms. The van der Waals surface area contributed by atoms with Crippen molar-refractivity contribution < 1.29 is 28.8 Å². The van der Waals surface area contributed by atoms with E-state index in [-0.39, 0.29) is 18.8 Å². The molecule has 2 aliphatic rings. The topological polar surface area (TPSA) is 144 Å². The lowest BCUT2D eigenvalue weighted by atomic mass is 10.4. The smallest absolute Gasteiger partial charge is 0.213 e. The second kappa shape index (κ2) is 12.3. The Morgan fingerprint density at radius 3 is 1.85 bits per heavy atom. The molecule has 4 heterocycles. The molecule has 5 N–H and O–H groups in total. The van der Waals surface area contributed by atoms with Crippen molar-refractivity contribution in [2.45, 2.75) is 51.5 Å². The lowest BCUT2D eigenvalue weighted by molar-refractivity contribution is -0.142. The number of aliphatic hydroxyl groups is 1. The standard InChI is InChI=1S/C11H16N2O3.C6H12O3.C5H5ClN2/c1-11(2)15-7-9(16-11)6-14-10-4-3-8(12)5-13-10;1-6(2)8-4-5(3-7)9-6;6-5-2-1-4(7)3-8-5/h3-5,9H,6-7,12H2,1-2H3;5,7H,3-4H2,1-2H3;1-3H,7H2/t9-;5-;/m11./s1. The highest BCUT2D eigenvalue weighted by atomic mass is 35.5. The maximum absolute atomic E-state index is 8.59. The molecular weight excluding hydrogens is 452 g/mol. The van der Waals surface area contributed by atoms with E-state index >= 15 is 0 Å². The molecule has 2 aliphatic heterocycles. The van der Waals surface area contributed by atoms with Gasteiger partial charge in [0.05, 0.1) is 43.6 Å². The zero-order valence-corrected chi connectivity index (χ0v) is 20.1. The predicted molar refractivity (Wildman–Crippen MR) is 125 cm³/mol. The van der Waals surface area contributed by atoms with E-state index < -0.39 is 11.6 Å². The van der Waals surface area contributed by atoms with Gasteiger partial charge >= 0.3 is 0 Å². The van der Waals surface area contributed by atoms with Gasteiger partial charge in [0, 0.05) is 6.07 Å². The largest absolute Gasteiger partial charge is 0.475 e. The van der Waals surface area contributed by atoms with Gasteiger partial charge in [0.2, 0.25) is 5.88 Å². The third-order valence-corrected chi connectivity index (χ3v) is 4.49. The zero-order valence-electron chi connectivity index (χ0n) is 19.4. The Hall–Kier alpha value is -2.21. The first-order valence-corrected chi connectivity index (χ1v) is 10.8. The molecule has 11 heteroatoms. The summed E-state index contributed by atoms with van der Waals surface area (Å²) in [5.74, 6) is -0.460. The van der Waals surface area contributed by atoms with Gasteiger partial charge in [-0.25, -0.2) is 9.97 Å². The molecule has 2 aromatic rings. The van der Waals surface area contributed by atoms with Crippen LogP contribution in [0, 0.1) is 0 Å². The highest BCUT2D eigenvalue weighted by molar-refractivity contribution is 6.29. The number of halogens is 1. The van der Waals surface area contributed by atoms with Crippen molar-refractivity contribution in [3.05, 3.63) is 41.8 Å². The van der Waals surface area contributed by atoms with Gasteiger partial charge in [-0.2, -0.15) is 0 Å². The number of nitrogen functional groups attached to an aromatic ring is 2. The van der Waals surface area contributed by atoms with Crippen LogP contribution in [-0.2, 0) is 18.9 Å². The lowest BCUT2D eigenvalue weighted by Gasteiger charge is -2.17. The zero-order chi connectivity index (χ0) is 24.5. The Morgan fingerprint density at radius 2 is 1.48 bits per heavy atom. The van der Waals surface area contributed by atoms with E-state index in [9.17, 15) is 0 Å².